The smallest absolute Gasteiger partial charge is 0.269 e. The number of aryl methyl sites for hydroxylation is 1. The summed E-state index contributed by atoms with van der Waals surface area (Å²) in [5.41, 5.74) is 1.16. The number of benzene rings is 1. The molecule has 0 aliphatic heterocycles. The van der Waals surface area contributed by atoms with E-state index in [1.807, 2.05) is 6.92 Å². The molecule has 24 heavy (non-hydrogen) atoms. The first-order valence-electron chi connectivity index (χ1n) is 7.22. The van der Waals surface area contributed by atoms with Crippen molar-refractivity contribution in [1.82, 2.24) is 15.1 Å². The highest BCUT2D eigenvalue weighted by molar-refractivity contribution is 5.76. The van der Waals surface area contributed by atoms with Crippen molar-refractivity contribution in [3.63, 3.8) is 0 Å². The molecule has 128 valence electrons. The molecule has 0 saturated carbocycles. The fourth-order valence-corrected chi connectivity index (χ4v) is 2.20. The number of aliphatic hydroxyl groups excluding tert-OH is 2. The van der Waals surface area contributed by atoms with Gasteiger partial charge in [0.05, 0.1) is 23.8 Å². The van der Waals surface area contributed by atoms with Crippen LogP contribution in [0.2, 0.25) is 0 Å². The molecule has 0 fully saturated rings. The quantitative estimate of drug-likeness (QED) is 0.493. The van der Waals surface area contributed by atoms with Crippen LogP contribution in [0.3, 0.4) is 0 Å². The summed E-state index contributed by atoms with van der Waals surface area (Å²) in [5, 5.41) is 36.8. The first kappa shape index (κ1) is 17.6. The van der Waals surface area contributed by atoms with E-state index >= 15 is 0 Å². The molecule has 2 atom stereocenters. The van der Waals surface area contributed by atoms with E-state index in [4.69, 9.17) is 0 Å². The number of carbonyl (C=O) groups is 1. The third-order valence-corrected chi connectivity index (χ3v) is 3.44. The molecule has 9 nitrogen and oxygen atoms in total. The van der Waals surface area contributed by atoms with Crippen LogP contribution < -0.4 is 5.32 Å². The van der Waals surface area contributed by atoms with Crippen LogP contribution in [-0.4, -0.2) is 43.5 Å². The third kappa shape index (κ3) is 4.37. The number of hydrogen-bond acceptors (Lipinski definition) is 6. The fraction of sp³-hybridized carbons (Fsp3) is 0.333. The highest BCUT2D eigenvalue weighted by Crippen LogP contribution is 2.20. The average Bonchev–Trinajstić information content (AvgIpc) is 2.96. The standard InChI is InChI=1S/C15H18N4O5/c1-10-6-16-18(7-10)8-14(21)17-13(9-20)15(22)11-2-4-12(5-3-11)19(23)24/h2-7,13,15,20,22H,8-9H2,1H3,(H,17,21). The summed E-state index contributed by atoms with van der Waals surface area (Å²) in [6.45, 7) is 1.32. The molecule has 0 aliphatic rings. The molecule has 9 heteroatoms. The Morgan fingerprint density at radius 2 is 2.08 bits per heavy atom. The maximum atomic E-state index is 12.0. The summed E-state index contributed by atoms with van der Waals surface area (Å²) in [5.74, 6) is -0.418. The van der Waals surface area contributed by atoms with E-state index in [-0.39, 0.29) is 12.2 Å². The zero-order valence-electron chi connectivity index (χ0n) is 13.0. The Balaban J connectivity index is 2.01. The Bertz CT molecular complexity index is 713. The number of nitro benzene ring substituents is 1. The van der Waals surface area contributed by atoms with E-state index in [1.54, 1.807) is 12.4 Å². The SMILES string of the molecule is Cc1cnn(CC(=O)NC(CO)C(O)c2ccc([N+](=O)[O-])cc2)c1. The maximum Gasteiger partial charge on any atom is 0.269 e. The predicted octanol–water partition coefficient (Wildman–Crippen LogP) is 0.310. The molecule has 0 bridgehead atoms. The largest absolute Gasteiger partial charge is 0.394 e. The van der Waals surface area contributed by atoms with Gasteiger partial charge in [0.1, 0.15) is 12.6 Å². The van der Waals surface area contributed by atoms with Gasteiger partial charge in [0.15, 0.2) is 0 Å². The van der Waals surface area contributed by atoms with Gasteiger partial charge in [0, 0.05) is 18.3 Å². The Morgan fingerprint density at radius 1 is 1.42 bits per heavy atom. The highest BCUT2D eigenvalue weighted by atomic mass is 16.6. The Morgan fingerprint density at radius 3 is 2.58 bits per heavy atom. The lowest BCUT2D eigenvalue weighted by Crippen LogP contribution is -2.43. The maximum absolute atomic E-state index is 12.0. The van der Waals surface area contributed by atoms with Crippen LogP contribution in [-0.2, 0) is 11.3 Å². The van der Waals surface area contributed by atoms with E-state index in [0.717, 1.165) is 5.56 Å². The number of rotatable bonds is 7. The minimum atomic E-state index is -1.20. The van der Waals surface area contributed by atoms with Gasteiger partial charge in [-0.3, -0.25) is 19.6 Å². The van der Waals surface area contributed by atoms with Gasteiger partial charge in [-0.2, -0.15) is 5.10 Å². The van der Waals surface area contributed by atoms with Gasteiger partial charge in [-0.15, -0.1) is 0 Å². The summed E-state index contributed by atoms with van der Waals surface area (Å²) in [7, 11) is 0. The van der Waals surface area contributed by atoms with Crippen LogP contribution >= 0.6 is 0 Å². The van der Waals surface area contributed by atoms with Crippen molar-refractivity contribution < 1.29 is 19.9 Å². The van der Waals surface area contributed by atoms with Crippen LogP contribution in [0.15, 0.2) is 36.7 Å². The number of aliphatic hydroxyl groups is 2. The lowest BCUT2D eigenvalue weighted by molar-refractivity contribution is -0.384. The minimum absolute atomic E-state index is 0.0443. The second-order valence-corrected chi connectivity index (χ2v) is 5.37. The third-order valence-electron chi connectivity index (χ3n) is 3.44. The van der Waals surface area contributed by atoms with Gasteiger partial charge in [-0.25, -0.2) is 0 Å². The van der Waals surface area contributed by atoms with Gasteiger partial charge in [0.25, 0.3) is 5.69 Å². The van der Waals surface area contributed by atoms with Gasteiger partial charge in [-0.05, 0) is 30.2 Å². The van der Waals surface area contributed by atoms with Crippen molar-refractivity contribution in [1.29, 1.82) is 0 Å². The van der Waals surface area contributed by atoms with Crippen LogP contribution in [0.25, 0.3) is 0 Å². The first-order chi connectivity index (χ1) is 11.4. The number of nitro groups is 1. The Kier molecular flexibility index (Phi) is 5.61. The molecule has 1 heterocycles. The summed E-state index contributed by atoms with van der Waals surface area (Å²) in [6.07, 6.45) is 2.11. The van der Waals surface area contributed by atoms with E-state index < -0.39 is 29.6 Å². The number of aromatic nitrogens is 2. The molecular weight excluding hydrogens is 316 g/mol. The summed E-state index contributed by atoms with van der Waals surface area (Å²) < 4.78 is 1.44. The number of nitrogens with zero attached hydrogens (tertiary/aromatic N) is 3. The highest BCUT2D eigenvalue weighted by Gasteiger charge is 2.23. The Labute approximate surface area is 137 Å². The van der Waals surface area contributed by atoms with Crippen molar-refractivity contribution in [2.24, 2.45) is 0 Å². The zero-order chi connectivity index (χ0) is 17.7. The van der Waals surface area contributed by atoms with Crippen molar-refractivity contribution in [2.45, 2.75) is 25.6 Å². The van der Waals surface area contributed by atoms with Crippen LogP contribution in [0.5, 0.6) is 0 Å². The zero-order valence-corrected chi connectivity index (χ0v) is 13.0. The van der Waals surface area contributed by atoms with Crippen molar-refractivity contribution in [3.05, 3.63) is 57.9 Å². The van der Waals surface area contributed by atoms with Gasteiger partial charge < -0.3 is 15.5 Å². The van der Waals surface area contributed by atoms with Crippen LogP contribution in [0.1, 0.15) is 17.2 Å². The Hall–Kier alpha value is -2.78. The summed E-state index contributed by atoms with van der Waals surface area (Å²) in [6, 6.07) is 4.33. The second-order valence-electron chi connectivity index (χ2n) is 5.37. The molecule has 2 unspecified atom stereocenters. The monoisotopic (exact) mass is 334 g/mol. The first-order valence-corrected chi connectivity index (χ1v) is 7.22. The normalized spacial score (nSPS) is 13.3. The second kappa shape index (κ2) is 7.66. The van der Waals surface area contributed by atoms with E-state index in [0.29, 0.717) is 5.56 Å². The lowest BCUT2D eigenvalue weighted by atomic mass is 10.0. The fourth-order valence-electron chi connectivity index (χ4n) is 2.20. The van der Waals surface area contributed by atoms with E-state index in [1.165, 1.54) is 28.9 Å². The molecule has 0 radical (unpaired) electrons. The van der Waals surface area contributed by atoms with Crippen molar-refractivity contribution in [3.8, 4) is 0 Å². The van der Waals surface area contributed by atoms with Crippen molar-refractivity contribution >= 4 is 11.6 Å². The molecule has 3 N–H and O–H groups in total. The summed E-state index contributed by atoms with van der Waals surface area (Å²) in [4.78, 5) is 22.1. The van der Waals surface area contributed by atoms with Gasteiger partial charge in [-0.1, -0.05) is 0 Å². The molecule has 1 amide bonds. The van der Waals surface area contributed by atoms with Crippen LogP contribution in [0, 0.1) is 17.0 Å². The number of nitrogens with one attached hydrogen (secondary N) is 1. The van der Waals surface area contributed by atoms with E-state index in [2.05, 4.69) is 10.4 Å². The molecule has 0 spiro atoms. The average molecular weight is 334 g/mol. The van der Waals surface area contributed by atoms with Crippen molar-refractivity contribution in [2.75, 3.05) is 6.61 Å². The molecule has 2 aromatic rings. The molecule has 0 saturated heterocycles. The topological polar surface area (TPSA) is 131 Å². The minimum Gasteiger partial charge on any atom is -0.394 e. The van der Waals surface area contributed by atoms with E-state index in [9.17, 15) is 25.1 Å². The number of hydrogen-bond donors (Lipinski definition) is 3. The number of non-ortho nitro benzene ring substituents is 1. The predicted molar refractivity (Wildman–Crippen MR) is 84.0 cm³/mol. The number of carbonyl (C=O) groups excluding carboxylic acids is 1. The molecule has 0 aliphatic carbocycles. The van der Waals surface area contributed by atoms with Gasteiger partial charge >= 0.3 is 0 Å². The lowest BCUT2D eigenvalue weighted by Gasteiger charge is -2.22. The number of amides is 1. The molecule has 1 aromatic carbocycles. The van der Waals surface area contributed by atoms with Crippen LogP contribution in [0.4, 0.5) is 5.69 Å². The molecule has 2 rings (SSSR count). The molecule has 1 aromatic heterocycles. The summed E-state index contributed by atoms with van der Waals surface area (Å²) >= 11 is 0. The molecular formula is C15H18N4O5. The van der Waals surface area contributed by atoms with Gasteiger partial charge in [0.2, 0.25) is 5.91 Å².